The molecule has 0 aromatic carbocycles. The predicted octanol–water partition coefficient (Wildman–Crippen LogP) is 0.847. The van der Waals surface area contributed by atoms with Crippen molar-refractivity contribution in [1.82, 2.24) is 4.90 Å². The van der Waals surface area contributed by atoms with Gasteiger partial charge in [-0.1, -0.05) is 13.3 Å². The molecule has 0 radical (unpaired) electrons. The summed E-state index contributed by atoms with van der Waals surface area (Å²) >= 11 is 0. The minimum atomic E-state index is -0.212. The Morgan fingerprint density at radius 3 is 2.92 bits per heavy atom. The first kappa shape index (κ1) is 10.3. The van der Waals surface area contributed by atoms with Gasteiger partial charge in [0.2, 0.25) is 0 Å². The number of nitrogens with zero attached hydrogens (tertiary/aromatic N) is 1. The van der Waals surface area contributed by atoms with Gasteiger partial charge in [-0.05, 0) is 12.3 Å². The largest absolute Gasteiger partial charge is 0.448 e. The molecule has 1 atom stereocenters. The number of carbonyl (C=O) groups is 1. The number of ether oxygens (including phenoxy) is 1. The number of carbonyl (C=O) groups excluding carboxylic acids is 1. The lowest BCUT2D eigenvalue weighted by Crippen LogP contribution is -2.30. The van der Waals surface area contributed by atoms with E-state index in [4.69, 9.17) is 9.84 Å². The number of cyclic esters (lactones) is 1. The molecule has 1 N–H and O–H groups in total. The van der Waals surface area contributed by atoms with Crippen LogP contribution in [0.3, 0.4) is 0 Å². The lowest BCUT2D eigenvalue weighted by atomic mass is 10.0. The van der Waals surface area contributed by atoms with Crippen LogP contribution in [0.15, 0.2) is 0 Å². The molecular weight excluding hydrogens is 170 g/mol. The molecule has 0 aromatic rings. The fourth-order valence-electron chi connectivity index (χ4n) is 1.51. The van der Waals surface area contributed by atoms with Crippen LogP contribution >= 0.6 is 0 Å². The van der Waals surface area contributed by atoms with Gasteiger partial charge in [0, 0.05) is 13.2 Å². The van der Waals surface area contributed by atoms with Gasteiger partial charge >= 0.3 is 6.09 Å². The monoisotopic (exact) mass is 187 g/mol. The minimum Gasteiger partial charge on any atom is -0.448 e. The third kappa shape index (κ3) is 2.88. The summed E-state index contributed by atoms with van der Waals surface area (Å²) in [6.07, 6.45) is 1.54. The van der Waals surface area contributed by atoms with Crippen molar-refractivity contribution in [2.24, 2.45) is 5.92 Å². The van der Waals surface area contributed by atoms with Crippen LogP contribution in [0.25, 0.3) is 0 Å². The second kappa shape index (κ2) is 5.07. The molecule has 0 aliphatic carbocycles. The molecule has 4 heteroatoms. The van der Waals surface area contributed by atoms with Crippen LogP contribution in [0.2, 0.25) is 0 Å². The molecule has 13 heavy (non-hydrogen) atoms. The summed E-state index contributed by atoms with van der Waals surface area (Å²) < 4.78 is 4.81. The highest BCUT2D eigenvalue weighted by molar-refractivity contribution is 5.69. The van der Waals surface area contributed by atoms with E-state index in [0.29, 0.717) is 19.1 Å². The summed E-state index contributed by atoms with van der Waals surface area (Å²) in [5.74, 6) is 0.399. The van der Waals surface area contributed by atoms with Crippen LogP contribution in [-0.4, -0.2) is 42.4 Å². The van der Waals surface area contributed by atoms with Gasteiger partial charge in [-0.15, -0.1) is 0 Å². The quantitative estimate of drug-likeness (QED) is 0.694. The molecule has 1 aliphatic rings. The Bertz CT molecular complexity index is 172. The highest BCUT2D eigenvalue weighted by Gasteiger charge is 2.23. The van der Waals surface area contributed by atoms with Crippen LogP contribution in [0.4, 0.5) is 4.79 Å². The lowest BCUT2D eigenvalue weighted by Gasteiger charge is -2.19. The Balaban J connectivity index is 2.31. The molecule has 1 fully saturated rings. The van der Waals surface area contributed by atoms with E-state index in [2.05, 4.69) is 6.92 Å². The zero-order valence-corrected chi connectivity index (χ0v) is 8.03. The van der Waals surface area contributed by atoms with Gasteiger partial charge in [0.1, 0.15) is 6.61 Å². The van der Waals surface area contributed by atoms with E-state index >= 15 is 0 Å². The highest BCUT2D eigenvalue weighted by atomic mass is 16.6. The van der Waals surface area contributed by atoms with Crippen molar-refractivity contribution < 1.29 is 14.6 Å². The van der Waals surface area contributed by atoms with Crippen LogP contribution in [-0.2, 0) is 4.74 Å². The maximum absolute atomic E-state index is 11.1. The summed E-state index contributed by atoms with van der Waals surface area (Å²) in [5.41, 5.74) is 0. The first-order valence-corrected chi connectivity index (χ1v) is 4.80. The van der Waals surface area contributed by atoms with Crippen molar-refractivity contribution in [3.63, 3.8) is 0 Å². The zero-order chi connectivity index (χ0) is 9.68. The average molecular weight is 187 g/mol. The number of aliphatic hydroxyl groups excluding tert-OH is 1. The molecule has 0 bridgehead atoms. The average Bonchev–Trinajstić information content (AvgIpc) is 2.51. The van der Waals surface area contributed by atoms with Crippen LogP contribution in [0, 0.1) is 5.92 Å². The first-order valence-electron chi connectivity index (χ1n) is 4.80. The predicted molar refractivity (Wildman–Crippen MR) is 48.4 cm³/mol. The van der Waals surface area contributed by atoms with Gasteiger partial charge in [0.15, 0.2) is 0 Å². The lowest BCUT2D eigenvalue weighted by molar-refractivity contribution is 0.150. The van der Waals surface area contributed by atoms with E-state index in [9.17, 15) is 4.79 Å². The molecule has 76 valence electrons. The smallest absolute Gasteiger partial charge is 0.409 e. The van der Waals surface area contributed by atoms with E-state index in [1.807, 2.05) is 0 Å². The number of hydrogen-bond acceptors (Lipinski definition) is 3. The topological polar surface area (TPSA) is 49.8 Å². The summed E-state index contributed by atoms with van der Waals surface area (Å²) in [4.78, 5) is 12.8. The summed E-state index contributed by atoms with van der Waals surface area (Å²) in [5, 5.41) is 8.77. The first-order chi connectivity index (χ1) is 6.27. The molecule has 0 aromatic heterocycles. The molecule has 1 saturated heterocycles. The van der Waals surface area contributed by atoms with E-state index in [0.717, 1.165) is 19.4 Å². The van der Waals surface area contributed by atoms with E-state index in [1.54, 1.807) is 4.90 Å². The van der Waals surface area contributed by atoms with Crippen molar-refractivity contribution in [2.45, 2.75) is 19.8 Å². The Morgan fingerprint density at radius 1 is 1.69 bits per heavy atom. The van der Waals surface area contributed by atoms with Gasteiger partial charge in [0.05, 0.1) is 6.54 Å². The highest BCUT2D eigenvalue weighted by Crippen LogP contribution is 2.13. The molecule has 1 heterocycles. The molecule has 1 aliphatic heterocycles. The number of amides is 1. The van der Waals surface area contributed by atoms with Crippen LogP contribution < -0.4 is 0 Å². The number of aliphatic hydroxyl groups is 1. The van der Waals surface area contributed by atoms with Crippen molar-refractivity contribution in [2.75, 3.05) is 26.3 Å². The zero-order valence-electron chi connectivity index (χ0n) is 8.03. The molecule has 1 amide bonds. The van der Waals surface area contributed by atoms with Gasteiger partial charge in [0.25, 0.3) is 0 Å². The fraction of sp³-hybridized carbons (Fsp3) is 0.889. The van der Waals surface area contributed by atoms with Crippen molar-refractivity contribution in [3.8, 4) is 0 Å². The SMILES string of the molecule is CCC(CCO)CN1CCOC1=O. The molecule has 0 spiro atoms. The van der Waals surface area contributed by atoms with Crippen molar-refractivity contribution in [3.05, 3.63) is 0 Å². The van der Waals surface area contributed by atoms with Gasteiger partial charge in [-0.3, -0.25) is 0 Å². The molecule has 1 unspecified atom stereocenters. The van der Waals surface area contributed by atoms with Gasteiger partial charge in [-0.25, -0.2) is 4.79 Å². The van der Waals surface area contributed by atoms with Crippen LogP contribution in [0.5, 0.6) is 0 Å². The Kier molecular flexibility index (Phi) is 4.02. The van der Waals surface area contributed by atoms with Crippen LogP contribution in [0.1, 0.15) is 19.8 Å². The van der Waals surface area contributed by atoms with Crippen molar-refractivity contribution in [1.29, 1.82) is 0 Å². The minimum absolute atomic E-state index is 0.196. The summed E-state index contributed by atoms with van der Waals surface area (Å²) in [6, 6.07) is 0. The third-order valence-corrected chi connectivity index (χ3v) is 2.44. The van der Waals surface area contributed by atoms with E-state index < -0.39 is 0 Å². The fourth-order valence-corrected chi connectivity index (χ4v) is 1.51. The third-order valence-electron chi connectivity index (χ3n) is 2.44. The standard InChI is InChI=1S/C9H17NO3/c1-2-8(3-5-11)7-10-4-6-13-9(10)12/h8,11H,2-7H2,1H3. The second-order valence-electron chi connectivity index (χ2n) is 3.35. The molecule has 4 nitrogen and oxygen atoms in total. The summed E-state index contributed by atoms with van der Waals surface area (Å²) in [6.45, 7) is 4.19. The van der Waals surface area contributed by atoms with Crippen molar-refractivity contribution >= 4 is 6.09 Å². The Hall–Kier alpha value is -0.770. The number of rotatable bonds is 5. The second-order valence-corrected chi connectivity index (χ2v) is 3.35. The summed E-state index contributed by atoms with van der Waals surface area (Å²) in [7, 11) is 0. The molecular formula is C9H17NO3. The normalized spacial score (nSPS) is 18.9. The molecule has 1 rings (SSSR count). The maximum atomic E-state index is 11.1. The maximum Gasteiger partial charge on any atom is 0.409 e. The molecule has 0 saturated carbocycles. The Morgan fingerprint density at radius 2 is 2.46 bits per heavy atom. The van der Waals surface area contributed by atoms with E-state index in [-0.39, 0.29) is 12.7 Å². The Labute approximate surface area is 78.5 Å². The van der Waals surface area contributed by atoms with Gasteiger partial charge < -0.3 is 14.7 Å². The van der Waals surface area contributed by atoms with E-state index in [1.165, 1.54) is 0 Å². The van der Waals surface area contributed by atoms with Gasteiger partial charge in [-0.2, -0.15) is 0 Å². The number of hydrogen-bond donors (Lipinski definition) is 1.